The number of oxime groups is 1. The highest BCUT2D eigenvalue weighted by Gasteiger charge is 2.64. The van der Waals surface area contributed by atoms with Crippen molar-refractivity contribution in [1.29, 1.82) is 0 Å². The van der Waals surface area contributed by atoms with E-state index in [0.29, 0.717) is 19.6 Å². The summed E-state index contributed by atoms with van der Waals surface area (Å²) in [6, 6.07) is 27.1. The van der Waals surface area contributed by atoms with Crippen molar-refractivity contribution in [3.05, 3.63) is 109 Å². The van der Waals surface area contributed by atoms with Crippen molar-refractivity contribution >= 4 is 29.2 Å². The van der Waals surface area contributed by atoms with E-state index in [0.717, 1.165) is 77.5 Å². The first-order chi connectivity index (χ1) is 25.1. The third-order valence-corrected chi connectivity index (χ3v) is 12.5. The summed E-state index contributed by atoms with van der Waals surface area (Å²) >= 11 is 3.55. The maximum absolute atomic E-state index is 9.84. The Hall–Kier alpha value is -3.21. The smallest absolute Gasteiger partial charge is 0.231 e. The fourth-order valence-electron chi connectivity index (χ4n) is 8.12. The highest BCUT2D eigenvalue weighted by Crippen LogP contribution is 2.63. The van der Waals surface area contributed by atoms with Gasteiger partial charge in [0.05, 0.1) is 30.1 Å². The molecule has 0 amide bonds. The summed E-state index contributed by atoms with van der Waals surface area (Å²) in [5.74, 6) is 1.80. The molecule has 6 rings (SSSR count). The average Bonchev–Trinajstić information content (AvgIpc) is 3.16. The molecule has 51 heavy (non-hydrogen) atoms. The molecule has 0 bridgehead atoms. The van der Waals surface area contributed by atoms with Crippen molar-refractivity contribution in [1.82, 2.24) is 0 Å². The normalized spacial score (nSPS) is 25.7. The van der Waals surface area contributed by atoms with E-state index in [2.05, 4.69) is 78.5 Å². The van der Waals surface area contributed by atoms with E-state index >= 15 is 0 Å². The van der Waals surface area contributed by atoms with Crippen LogP contribution in [0.4, 0.5) is 0 Å². The molecule has 2 N–H and O–H groups in total. The van der Waals surface area contributed by atoms with Crippen LogP contribution >= 0.6 is 23.5 Å². The van der Waals surface area contributed by atoms with Crippen molar-refractivity contribution in [2.75, 3.05) is 39.3 Å². The fourth-order valence-corrected chi connectivity index (χ4v) is 10.2. The Labute approximate surface area is 311 Å². The number of fused-ring (bicyclic) bond motifs is 2. The third kappa shape index (κ3) is 8.71. The van der Waals surface area contributed by atoms with E-state index in [4.69, 9.17) is 19.0 Å². The van der Waals surface area contributed by atoms with Crippen molar-refractivity contribution in [3.63, 3.8) is 0 Å². The van der Waals surface area contributed by atoms with Crippen molar-refractivity contribution in [3.8, 4) is 11.5 Å². The lowest BCUT2D eigenvalue weighted by Crippen LogP contribution is -2.64. The fraction of sp³-hybridized carbons (Fsp3) is 0.452. The molecule has 1 aliphatic heterocycles. The van der Waals surface area contributed by atoms with Crippen LogP contribution in [0.5, 0.6) is 11.5 Å². The van der Waals surface area contributed by atoms with Gasteiger partial charge in [-0.2, -0.15) is 0 Å². The van der Waals surface area contributed by atoms with E-state index in [1.165, 1.54) is 4.90 Å². The van der Waals surface area contributed by atoms with Crippen molar-refractivity contribution in [2.45, 2.75) is 71.7 Å². The van der Waals surface area contributed by atoms with Gasteiger partial charge in [0.25, 0.3) is 0 Å². The molecule has 0 aromatic heterocycles. The Balaban J connectivity index is 1.45. The Kier molecular flexibility index (Phi) is 13.6. The summed E-state index contributed by atoms with van der Waals surface area (Å²) in [6.45, 7) is 5.29. The van der Waals surface area contributed by atoms with Gasteiger partial charge in [0, 0.05) is 46.7 Å². The van der Waals surface area contributed by atoms with Gasteiger partial charge in [-0.15, -0.1) is 30.1 Å². The molecule has 1 fully saturated rings. The number of benzene rings is 3. The predicted molar refractivity (Wildman–Crippen MR) is 207 cm³/mol. The topological polar surface area (TPSA) is 89.7 Å². The molecular weight excluding hydrogens is 679 g/mol. The van der Waals surface area contributed by atoms with E-state index in [1.54, 1.807) is 36.7 Å². The number of nitrogens with zero attached hydrogens (tertiary/aromatic N) is 1. The number of hydrogen-bond acceptors (Lipinski definition) is 9. The maximum Gasteiger partial charge on any atom is 0.231 e. The quantitative estimate of drug-likeness (QED) is 0.0548. The second kappa shape index (κ2) is 18.5. The number of ether oxygens (including phenoxy) is 3. The number of rotatable bonds is 19. The van der Waals surface area contributed by atoms with Gasteiger partial charge < -0.3 is 29.3 Å². The number of allylic oxidation sites excluding steroid dienone is 1. The second-order valence-corrected chi connectivity index (χ2v) is 15.8. The molecule has 1 saturated carbocycles. The van der Waals surface area contributed by atoms with Crippen LogP contribution in [0.3, 0.4) is 0 Å². The van der Waals surface area contributed by atoms with Gasteiger partial charge in [-0.1, -0.05) is 66.5 Å². The molecule has 2 aliphatic carbocycles. The summed E-state index contributed by atoms with van der Waals surface area (Å²) in [4.78, 5) is 7.90. The molecule has 3 aromatic carbocycles. The van der Waals surface area contributed by atoms with Gasteiger partial charge in [-0.05, 0) is 85.6 Å². The molecule has 3 aromatic rings. The summed E-state index contributed by atoms with van der Waals surface area (Å²) in [6.07, 6.45) is 10.1. The highest BCUT2D eigenvalue weighted by molar-refractivity contribution is 8.00. The van der Waals surface area contributed by atoms with E-state index in [1.807, 2.05) is 18.2 Å². The number of hydrogen-bond donors (Lipinski definition) is 2. The predicted octanol–water partition coefficient (Wildman–Crippen LogP) is 8.91. The first-order valence-electron chi connectivity index (χ1n) is 18.3. The molecule has 0 unspecified atom stereocenters. The van der Waals surface area contributed by atoms with Gasteiger partial charge in [-0.3, -0.25) is 0 Å². The molecular formula is C42H51NO6S2. The second-order valence-electron chi connectivity index (χ2n) is 13.4. The van der Waals surface area contributed by atoms with Crippen LogP contribution in [0.2, 0.25) is 0 Å². The molecule has 6 atom stereocenters. The van der Waals surface area contributed by atoms with Crippen LogP contribution in [0.25, 0.3) is 0 Å². The van der Waals surface area contributed by atoms with Gasteiger partial charge >= 0.3 is 0 Å². The molecule has 7 nitrogen and oxygen atoms in total. The van der Waals surface area contributed by atoms with Gasteiger partial charge in [-0.25, -0.2) is 0 Å². The number of aliphatic hydroxyl groups excluding tert-OH is 2. The minimum Gasteiger partial charge on any atom is -0.493 e. The van der Waals surface area contributed by atoms with Crippen LogP contribution in [0, 0.1) is 17.8 Å². The van der Waals surface area contributed by atoms with E-state index < -0.39 is 5.79 Å². The van der Waals surface area contributed by atoms with Crippen LogP contribution in [-0.2, 0) is 9.57 Å². The molecule has 0 radical (unpaired) electrons. The van der Waals surface area contributed by atoms with Crippen molar-refractivity contribution in [2.24, 2.45) is 22.9 Å². The van der Waals surface area contributed by atoms with E-state index in [-0.39, 0.29) is 42.1 Å². The zero-order valence-electron chi connectivity index (χ0n) is 29.5. The Morgan fingerprint density at radius 3 is 2.37 bits per heavy atom. The van der Waals surface area contributed by atoms with Crippen LogP contribution in [-0.4, -0.2) is 66.3 Å². The highest BCUT2D eigenvalue weighted by atomic mass is 32.2. The van der Waals surface area contributed by atoms with Crippen molar-refractivity contribution < 1.29 is 29.3 Å². The maximum atomic E-state index is 9.84. The summed E-state index contributed by atoms with van der Waals surface area (Å²) in [5.41, 5.74) is 3.18. The van der Waals surface area contributed by atoms with Crippen LogP contribution in [0.15, 0.2) is 118 Å². The molecule has 272 valence electrons. The Morgan fingerprint density at radius 1 is 0.941 bits per heavy atom. The van der Waals surface area contributed by atoms with Crippen LogP contribution < -0.4 is 9.47 Å². The molecule has 3 aliphatic rings. The lowest BCUT2D eigenvalue weighted by atomic mass is 9.56. The first-order valence-corrected chi connectivity index (χ1v) is 20.1. The van der Waals surface area contributed by atoms with Gasteiger partial charge in [0.2, 0.25) is 5.79 Å². The zero-order chi connectivity index (χ0) is 35.5. The third-order valence-electron chi connectivity index (χ3n) is 10.2. The molecule has 9 heteroatoms. The first kappa shape index (κ1) is 37.5. The average molecular weight is 730 g/mol. The summed E-state index contributed by atoms with van der Waals surface area (Å²) in [7, 11) is 1.62. The molecule has 0 spiro atoms. The van der Waals surface area contributed by atoms with Gasteiger partial charge in [0.1, 0.15) is 18.6 Å². The lowest BCUT2D eigenvalue weighted by Gasteiger charge is -2.58. The molecule has 1 heterocycles. The van der Waals surface area contributed by atoms with E-state index in [9.17, 15) is 10.2 Å². The standard InChI is InChI=1S/C42H51NO6S2/c1-3-24-48-42-39(51-33-17-8-5-9-18-33)29-37(43-46-2)35-27-30(14-10-12-22-44)34(19-11-13-23-45)40(41(35)42)36-28-31(20-21-38(36)49-42)47-25-26-50-32-15-6-4-7-16-32/h3-9,15-18,20-21,27-28,30,34,39-41,44-45H,1,10-14,19,22-26,29H2,2H3/t30-,34+,39-,40+,41+,42+/m0/s1. The molecule has 0 saturated heterocycles. The van der Waals surface area contributed by atoms with Gasteiger partial charge in [0.15, 0.2) is 0 Å². The number of unbranched alkanes of at least 4 members (excludes halogenated alkanes) is 2. The largest absolute Gasteiger partial charge is 0.493 e. The summed E-state index contributed by atoms with van der Waals surface area (Å²) < 4.78 is 20.7. The minimum absolute atomic E-state index is 0.0276. The Morgan fingerprint density at radius 2 is 1.67 bits per heavy atom. The number of thioether (sulfide) groups is 2. The summed E-state index contributed by atoms with van der Waals surface area (Å²) in [5, 5.41) is 24.1. The lowest BCUT2D eigenvalue weighted by molar-refractivity contribution is -0.223. The SMILES string of the molecule is C=CCO[C@@]12Oc3ccc(OCCSc4ccccc4)cc3[C@H]3[C@H](CCCCO)[C@@H](CCCCO)C=C(C(=NOC)C[C@@H]1Sc1ccccc1)[C@H]32. The number of aliphatic hydroxyl groups is 2. The monoisotopic (exact) mass is 729 g/mol. The zero-order valence-corrected chi connectivity index (χ0v) is 31.2. The Bertz CT molecular complexity index is 1620. The van der Waals surface area contributed by atoms with Crippen LogP contribution in [0.1, 0.15) is 56.4 Å². The minimum atomic E-state index is -1.01.